The molecule has 2 aromatic carbocycles. The molecule has 0 spiro atoms. The predicted octanol–water partition coefficient (Wildman–Crippen LogP) is 3.43. The molecule has 2 N–H and O–H groups in total. The van der Waals surface area contributed by atoms with Gasteiger partial charge in [-0.2, -0.15) is 0 Å². The van der Waals surface area contributed by atoms with Gasteiger partial charge in [-0.05, 0) is 30.2 Å². The molecule has 134 valence electrons. The number of amides is 1. The van der Waals surface area contributed by atoms with Gasteiger partial charge in [0.2, 0.25) is 5.91 Å². The van der Waals surface area contributed by atoms with Crippen LogP contribution in [0.1, 0.15) is 12.5 Å². The first-order valence-corrected chi connectivity index (χ1v) is 8.17. The molecule has 1 heterocycles. The van der Waals surface area contributed by atoms with E-state index in [0.717, 1.165) is 33.5 Å². The lowest BCUT2D eigenvalue weighted by Crippen LogP contribution is -2.22. The number of benzene rings is 2. The highest BCUT2D eigenvalue weighted by Crippen LogP contribution is 2.34. The number of carbonyl (C=O) groups excluding carboxylic acids is 1. The van der Waals surface area contributed by atoms with Crippen LogP contribution in [-0.2, 0) is 11.2 Å². The van der Waals surface area contributed by atoms with Gasteiger partial charge in [-0.1, -0.05) is 12.1 Å². The summed E-state index contributed by atoms with van der Waals surface area (Å²) < 4.78 is 5.31. The Morgan fingerprint density at radius 1 is 1.27 bits per heavy atom. The Balaban J connectivity index is 2.12. The van der Waals surface area contributed by atoms with Gasteiger partial charge in [0.15, 0.2) is 0 Å². The van der Waals surface area contributed by atoms with Gasteiger partial charge >= 0.3 is 0 Å². The number of non-ortho nitro benzene ring substituents is 1. The smallest absolute Gasteiger partial charge is 0.270 e. The van der Waals surface area contributed by atoms with Crippen molar-refractivity contribution in [3.05, 3.63) is 58.1 Å². The molecule has 0 bridgehead atoms. The summed E-state index contributed by atoms with van der Waals surface area (Å²) in [6.45, 7) is 1.95. The Hall–Kier alpha value is -3.35. The van der Waals surface area contributed by atoms with E-state index in [-0.39, 0.29) is 11.6 Å². The molecule has 3 aromatic rings. The van der Waals surface area contributed by atoms with Crippen LogP contribution < -0.4 is 10.1 Å². The molecule has 0 aliphatic carbocycles. The average Bonchev–Trinajstić information content (AvgIpc) is 2.99. The van der Waals surface area contributed by atoms with E-state index in [1.54, 1.807) is 19.2 Å². The van der Waals surface area contributed by atoms with Gasteiger partial charge < -0.3 is 15.0 Å². The fourth-order valence-electron chi connectivity index (χ4n) is 3.00. The van der Waals surface area contributed by atoms with Crippen molar-refractivity contribution < 1.29 is 14.5 Å². The van der Waals surface area contributed by atoms with Crippen molar-refractivity contribution in [2.24, 2.45) is 0 Å². The van der Waals surface area contributed by atoms with Crippen molar-refractivity contribution in [2.75, 3.05) is 13.7 Å². The van der Waals surface area contributed by atoms with Gasteiger partial charge in [-0.15, -0.1) is 0 Å². The quantitative estimate of drug-likeness (QED) is 0.524. The summed E-state index contributed by atoms with van der Waals surface area (Å²) in [5, 5.41) is 14.9. The zero-order valence-electron chi connectivity index (χ0n) is 14.5. The van der Waals surface area contributed by atoms with E-state index < -0.39 is 4.92 Å². The largest absolute Gasteiger partial charge is 0.497 e. The Kier molecular flexibility index (Phi) is 4.88. The highest BCUT2D eigenvalue weighted by Gasteiger charge is 2.16. The summed E-state index contributed by atoms with van der Waals surface area (Å²) in [6.07, 6.45) is 0.588. The van der Waals surface area contributed by atoms with Gasteiger partial charge in [0.1, 0.15) is 5.75 Å². The van der Waals surface area contributed by atoms with E-state index in [1.807, 2.05) is 24.3 Å². The first kappa shape index (κ1) is 17.5. The van der Waals surface area contributed by atoms with Crippen LogP contribution in [0.15, 0.2) is 42.5 Å². The minimum Gasteiger partial charge on any atom is -0.497 e. The minimum absolute atomic E-state index is 0.0338. The lowest BCUT2D eigenvalue weighted by Gasteiger charge is -2.07. The van der Waals surface area contributed by atoms with Gasteiger partial charge in [0.05, 0.1) is 17.7 Å². The number of fused-ring (bicyclic) bond motifs is 1. The van der Waals surface area contributed by atoms with Crippen LogP contribution in [0.5, 0.6) is 5.75 Å². The maximum absolute atomic E-state index is 11.2. The molecule has 0 aliphatic heterocycles. The lowest BCUT2D eigenvalue weighted by molar-refractivity contribution is -0.384. The molecule has 0 radical (unpaired) electrons. The Labute approximate surface area is 150 Å². The van der Waals surface area contributed by atoms with Crippen LogP contribution in [0.2, 0.25) is 0 Å². The third-order valence-corrected chi connectivity index (χ3v) is 4.21. The Morgan fingerprint density at radius 2 is 2.08 bits per heavy atom. The lowest BCUT2D eigenvalue weighted by atomic mass is 10.0. The van der Waals surface area contributed by atoms with Gasteiger partial charge in [0, 0.05) is 42.1 Å². The summed E-state index contributed by atoms with van der Waals surface area (Å²) in [5.41, 5.74) is 3.46. The Morgan fingerprint density at radius 3 is 2.77 bits per heavy atom. The van der Waals surface area contributed by atoms with Crippen LogP contribution >= 0.6 is 0 Å². The van der Waals surface area contributed by atoms with Crippen LogP contribution in [0, 0.1) is 10.1 Å². The van der Waals surface area contributed by atoms with E-state index in [2.05, 4.69) is 10.3 Å². The second-order valence-corrected chi connectivity index (χ2v) is 5.93. The molecule has 0 saturated heterocycles. The van der Waals surface area contributed by atoms with Gasteiger partial charge in [-0.25, -0.2) is 0 Å². The highest BCUT2D eigenvalue weighted by molar-refractivity contribution is 5.92. The van der Waals surface area contributed by atoms with Crippen molar-refractivity contribution in [1.82, 2.24) is 10.3 Å². The third-order valence-electron chi connectivity index (χ3n) is 4.21. The van der Waals surface area contributed by atoms with E-state index >= 15 is 0 Å². The normalized spacial score (nSPS) is 10.7. The van der Waals surface area contributed by atoms with Crippen molar-refractivity contribution in [3.8, 4) is 17.0 Å². The number of carbonyl (C=O) groups is 1. The number of aromatic nitrogens is 1. The summed E-state index contributed by atoms with van der Waals surface area (Å²) in [4.78, 5) is 25.2. The summed E-state index contributed by atoms with van der Waals surface area (Å²) >= 11 is 0. The molecule has 7 heteroatoms. The van der Waals surface area contributed by atoms with Crippen molar-refractivity contribution in [1.29, 1.82) is 0 Å². The molecular formula is C19H19N3O4. The number of ether oxygens (including phenoxy) is 1. The summed E-state index contributed by atoms with van der Waals surface area (Å²) in [5.74, 6) is 0.627. The molecule has 0 saturated carbocycles. The van der Waals surface area contributed by atoms with Crippen molar-refractivity contribution >= 4 is 22.5 Å². The second kappa shape index (κ2) is 7.26. The van der Waals surface area contributed by atoms with E-state index in [0.29, 0.717) is 13.0 Å². The minimum atomic E-state index is -0.411. The summed E-state index contributed by atoms with van der Waals surface area (Å²) in [7, 11) is 1.60. The van der Waals surface area contributed by atoms with Crippen LogP contribution in [0.4, 0.5) is 5.69 Å². The first-order chi connectivity index (χ1) is 12.5. The monoisotopic (exact) mass is 353 g/mol. The maximum Gasteiger partial charge on any atom is 0.270 e. The fourth-order valence-corrected chi connectivity index (χ4v) is 3.00. The number of hydrogen-bond acceptors (Lipinski definition) is 4. The molecule has 0 fully saturated rings. The van der Waals surface area contributed by atoms with Crippen molar-refractivity contribution in [3.63, 3.8) is 0 Å². The van der Waals surface area contributed by atoms with E-state index in [9.17, 15) is 14.9 Å². The number of nitrogens with zero attached hydrogens (tertiary/aromatic N) is 1. The third kappa shape index (κ3) is 3.51. The number of H-pyrrole nitrogens is 1. The SMILES string of the molecule is COc1ccc2[nH]c(-c3cccc([N+](=O)[O-])c3)c(CCNC(C)=O)c2c1. The topological polar surface area (TPSA) is 97.3 Å². The molecule has 3 rings (SSSR count). The molecule has 1 amide bonds. The molecule has 26 heavy (non-hydrogen) atoms. The highest BCUT2D eigenvalue weighted by atomic mass is 16.6. The zero-order chi connectivity index (χ0) is 18.7. The first-order valence-electron chi connectivity index (χ1n) is 8.17. The number of rotatable bonds is 6. The van der Waals surface area contributed by atoms with Crippen molar-refractivity contribution in [2.45, 2.75) is 13.3 Å². The zero-order valence-corrected chi connectivity index (χ0v) is 14.5. The standard InChI is InChI=1S/C19H19N3O4/c1-12(23)20-9-8-16-17-11-15(26-2)6-7-18(17)21-19(16)13-4-3-5-14(10-13)22(24)25/h3-7,10-11,21H,8-9H2,1-2H3,(H,20,23). The molecule has 0 atom stereocenters. The number of aromatic amines is 1. The summed E-state index contributed by atoms with van der Waals surface area (Å²) in [6, 6.07) is 12.2. The maximum atomic E-state index is 11.2. The average molecular weight is 353 g/mol. The molecular weight excluding hydrogens is 334 g/mol. The number of nitro benzene ring substituents is 1. The van der Waals surface area contributed by atoms with Crippen LogP contribution in [-0.4, -0.2) is 29.5 Å². The molecule has 0 unspecified atom stereocenters. The molecule has 1 aromatic heterocycles. The number of methoxy groups -OCH3 is 1. The predicted molar refractivity (Wildman–Crippen MR) is 99.3 cm³/mol. The molecule has 0 aliphatic rings. The Bertz CT molecular complexity index is 978. The van der Waals surface area contributed by atoms with E-state index in [4.69, 9.17) is 4.74 Å². The number of hydrogen-bond donors (Lipinski definition) is 2. The number of nitro groups is 1. The van der Waals surface area contributed by atoms with Crippen LogP contribution in [0.3, 0.4) is 0 Å². The second-order valence-electron chi connectivity index (χ2n) is 5.93. The molecule has 7 nitrogen and oxygen atoms in total. The van der Waals surface area contributed by atoms with E-state index in [1.165, 1.54) is 13.0 Å². The fraction of sp³-hybridized carbons (Fsp3) is 0.211. The van der Waals surface area contributed by atoms with Gasteiger partial charge in [0.25, 0.3) is 5.69 Å². The number of nitrogens with one attached hydrogen (secondary N) is 2. The van der Waals surface area contributed by atoms with Gasteiger partial charge in [-0.3, -0.25) is 14.9 Å². The van der Waals surface area contributed by atoms with Crippen LogP contribution in [0.25, 0.3) is 22.2 Å².